The summed E-state index contributed by atoms with van der Waals surface area (Å²) in [5.74, 6) is -4.64. The molecule has 9 heteroatoms. The van der Waals surface area contributed by atoms with E-state index in [1.807, 2.05) is 0 Å². The summed E-state index contributed by atoms with van der Waals surface area (Å²) >= 11 is 0. The van der Waals surface area contributed by atoms with Crippen molar-refractivity contribution in [3.8, 4) is 0 Å². The smallest absolute Gasteiger partial charge is 0.310 e. The van der Waals surface area contributed by atoms with Crippen LogP contribution in [0.1, 0.15) is 28.5 Å². The van der Waals surface area contributed by atoms with Gasteiger partial charge in [-0.3, -0.25) is 9.48 Å². The highest BCUT2D eigenvalue weighted by molar-refractivity contribution is 5.95. The fourth-order valence-corrected chi connectivity index (χ4v) is 2.79. The van der Waals surface area contributed by atoms with E-state index < -0.39 is 29.9 Å². The van der Waals surface area contributed by atoms with E-state index >= 15 is 0 Å². The third-order valence-electron chi connectivity index (χ3n) is 4.37. The van der Waals surface area contributed by atoms with Crippen molar-refractivity contribution in [1.82, 2.24) is 9.78 Å². The van der Waals surface area contributed by atoms with E-state index in [0.717, 1.165) is 13.0 Å². The molecule has 1 aromatic carbocycles. The summed E-state index contributed by atoms with van der Waals surface area (Å²) in [7, 11) is 1.67. The van der Waals surface area contributed by atoms with Gasteiger partial charge in [0.2, 0.25) is 0 Å². The molecule has 0 fully saturated rings. The summed E-state index contributed by atoms with van der Waals surface area (Å²) in [6.07, 6.45) is 1.51. The van der Waals surface area contributed by atoms with E-state index in [0.29, 0.717) is 5.56 Å². The maximum atomic E-state index is 14.4. The molecule has 0 aliphatic carbocycles. The number of rotatable bonds is 4. The van der Waals surface area contributed by atoms with Crippen LogP contribution in [0.5, 0.6) is 0 Å². The Kier molecular flexibility index (Phi) is 4.25. The van der Waals surface area contributed by atoms with Gasteiger partial charge in [0.1, 0.15) is 11.5 Å². The molecular weight excluding hydrogens is 349 g/mol. The Morgan fingerprint density at radius 3 is 2.77 bits per heavy atom. The van der Waals surface area contributed by atoms with Crippen molar-refractivity contribution in [1.29, 1.82) is 0 Å². The molecule has 0 radical (unpaired) electrons. The van der Waals surface area contributed by atoms with Gasteiger partial charge in [-0.2, -0.15) is 13.9 Å². The molecule has 0 spiro atoms. The maximum absolute atomic E-state index is 14.4. The third-order valence-corrected chi connectivity index (χ3v) is 4.37. The van der Waals surface area contributed by atoms with Gasteiger partial charge in [0.15, 0.2) is 17.9 Å². The van der Waals surface area contributed by atoms with Gasteiger partial charge in [-0.25, -0.2) is 9.38 Å². The zero-order valence-electron chi connectivity index (χ0n) is 14.2. The Labute approximate surface area is 147 Å². The van der Waals surface area contributed by atoms with Gasteiger partial charge in [0, 0.05) is 25.2 Å². The molecule has 0 bridgehead atoms. The minimum absolute atomic E-state index is 0.109. The first-order valence-corrected chi connectivity index (χ1v) is 7.80. The molecule has 2 heterocycles. The number of ketones is 1. The number of nitrogens with two attached hydrogens (primary N) is 1. The zero-order chi connectivity index (χ0) is 19.1. The molecule has 0 saturated carbocycles. The molecule has 2 N–H and O–H groups in total. The summed E-state index contributed by atoms with van der Waals surface area (Å²) in [4.78, 5) is 15.9. The van der Waals surface area contributed by atoms with Gasteiger partial charge in [0.05, 0.1) is 0 Å². The van der Waals surface area contributed by atoms with Crippen molar-refractivity contribution in [2.45, 2.75) is 24.8 Å². The number of carbonyl (C=O) groups excluding carboxylic acids is 1. The number of amidine groups is 1. The number of ether oxygens (including phenoxy) is 1. The second-order valence-electron chi connectivity index (χ2n) is 6.30. The molecule has 2 aromatic rings. The van der Waals surface area contributed by atoms with Crippen LogP contribution >= 0.6 is 0 Å². The molecule has 1 atom stereocenters. The van der Waals surface area contributed by atoms with Crippen molar-refractivity contribution in [3.63, 3.8) is 0 Å². The number of aliphatic imine (C=N–C) groups is 1. The van der Waals surface area contributed by atoms with E-state index in [9.17, 15) is 18.0 Å². The SMILES string of the molecule is Cn1ccc(C(=O)Cc2ccc(F)c([C@@]3(C)N=C(N)OCC3(F)F)c2)n1. The lowest BCUT2D eigenvalue weighted by Crippen LogP contribution is -2.51. The number of hydrogen-bond donors (Lipinski definition) is 1. The van der Waals surface area contributed by atoms with Crippen molar-refractivity contribution >= 4 is 11.8 Å². The van der Waals surface area contributed by atoms with E-state index in [-0.39, 0.29) is 23.5 Å². The van der Waals surface area contributed by atoms with Gasteiger partial charge in [0.25, 0.3) is 6.02 Å². The van der Waals surface area contributed by atoms with Gasteiger partial charge >= 0.3 is 5.92 Å². The molecule has 26 heavy (non-hydrogen) atoms. The first kappa shape index (κ1) is 18.0. The summed E-state index contributed by atoms with van der Waals surface area (Å²) in [5, 5.41) is 4.00. The van der Waals surface area contributed by atoms with Crippen molar-refractivity contribution < 1.29 is 22.7 Å². The van der Waals surface area contributed by atoms with Crippen molar-refractivity contribution in [2.24, 2.45) is 17.8 Å². The van der Waals surface area contributed by atoms with Crippen molar-refractivity contribution in [3.05, 3.63) is 53.1 Å². The fraction of sp³-hybridized carbons (Fsp3) is 0.353. The van der Waals surface area contributed by atoms with Gasteiger partial charge in [-0.1, -0.05) is 6.07 Å². The lowest BCUT2D eigenvalue weighted by Gasteiger charge is -2.37. The van der Waals surface area contributed by atoms with Crippen LogP contribution in [0, 0.1) is 5.82 Å². The van der Waals surface area contributed by atoms with E-state index in [1.165, 1.54) is 16.8 Å². The molecule has 0 saturated heterocycles. The Balaban J connectivity index is 1.98. The fourth-order valence-electron chi connectivity index (χ4n) is 2.79. The molecule has 6 nitrogen and oxygen atoms in total. The van der Waals surface area contributed by atoms with E-state index in [1.54, 1.807) is 19.3 Å². The van der Waals surface area contributed by atoms with Crippen LogP contribution in [0.4, 0.5) is 13.2 Å². The number of Topliss-reactive ketones (excluding diaryl/α,β-unsaturated/α-hetero) is 1. The lowest BCUT2D eigenvalue weighted by atomic mass is 9.84. The van der Waals surface area contributed by atoms with Crippen LogP contribution in [-0.2, 0) is 23.7 Å². The highest BCUT2D eigenvalue weighted by Crippen LogP contribution is 2.44. The highest BCUT2D eigenvalue weighted by Gasteiger charge is 2.56. The normalized spacial score (nSPS) is 21.8. The molecule has 3 rings (SSSR count). The molecular formula is C17H17F3N4O2. The first-order valence-electron chi connectivity index (χ1n) is 7.80. The van der Waals surface area contributed by atoms with Crippen LogP contribution in [-0.4, -0.2) is 34.1 Å². The standard InChI is InChI=1S/C17H17F3N4O2/c1-16(17(19,20)9-26-15(21)22-16)11-7-10(3-4-12(11)18)8-14(25)13-5-6-24(2)23-13/h3-7H,8-9H2,1-2H3,(H2,21,22)/t16-/m1/s1. The summed E-state index contributed by atoms with van der Waals surface area (Å²) < 4.78 is 49.3. The van der Waals surface area contributed by atoms with Gasteiger partial charge in [-0.15, -0.1) is 0 Å². The number of nitrogens with zero attached hydrogens (tertiary/aromatic N) is 3. The summed E-state index contributed by atoms with van der Waals surface area (Å²) in [6, 6.07) is 4.73. The number of hydrogen-bond acceptors (Lipinski definition) is 5. The number of alkyl halides is 2. The molecule has 138 valence electrons. The molecule has 0 amide bonds. The number of carbonyl (C=O) groups is 1. The Morgan fingerprint density at radius 1 is 1.38 bits per heavy atom. The third kappa shape index (κ3) is 3.04. The maximum Gasteiger partial charge on any atom is 0.310 e. The van der Waals surface area contributed by atoms with Crippen molar-refractivity contribution in [2.75, 3.05) is 6.61 Å². The van der Waals surface area contributed by atoms with Crippen LogP contribution < -0.4 is 5.73 Å². The topological polar surface area (TPSA) is 82.5 Å². The largest absolute Gasteiger partial charge is 0.459 e. The molecule has 1 aliphatic heterocycles. The average molecular weight is 366 g/mol. The number of aromatic nitrogens is 2. The summed E-state index contributed by atoms with van der Waals surface area (Å²) in [5.41, 5.74) is 3.45. The predicted molar refractivity (Wildman–Crippen MR) is 87.5 cm³/mol. The molecule has 1 aromatic heterocycles. The average Bonchev–Trinajstić information content (AvgIpc) is 3.00. The first-order chi connectivity index (χ1) is 12.1. The Bertz CT molecular complexity index is 894. The number of benzene rings is 1. The zero-order valence-corrected chi connectivity index (χ0v) is 14.2. The Morgan fingerprint density at radius 2 is 2.12 bits per heavy atom. The Hall–Kier alpha value is -2.84. The number of halogens is 3. The predicted octanol–water partition coefficient (Wildman–Crippen LogP) is 2.18. The summed E-state index contributed by atoms with van der Waals surface area (Å²) in [6.45, 7) is 0.0838. The van der Waals surface area contributed by atoms with Crippen LogP contribution in [0.3, 0.4) is 0 Å². The van der Waals surface area contributed by atoms with Crippen LogP contribution in [0.15, 0.2) is 35.5 Å². The lowest BCUT2D eigenvalue weighted by molar-refractivity contribution is -0.117. The van der Waals surface area contributed by atoms with Gasteiger partial charge in [-0.05, 0) is 30.7 Å². The monoisotopic (exact) mass is 366 g/mol. The highest BCUT2D eigenvalue weighted by atomic mass is 19.3. The second kappa shape index (κ2) is 6.15. The van der Waals surface area contributed by atoms with E-state index in [2.05, 4.69) is 14.8 Å². The minimum Gasteiger partial charge on any atom is -0.459 e. The molecule has 1 aliphatic rings. The quantitative estimate of drug-likeness (QED) is 0.841. The second-order valence-corrected chi connectivity index (χ2v) is 6.30. The van der Waals surface area contributed by atoms with Crippen LogP contribution in [0.2, 0.25) is 0 Å². The molecule has 0 unspecified atom stereocenters. The minimum atomic E-state index is -3.47. The van der Waals surface area contributed by atoms with Crippen LogP contribution in [0.25, 0.3) is 0 Å². The van der Waals surface area contributed by atoms with Gasteiger partial charge < -0.3 is 10.5 Å². The number of aryl methyl sites for hydroxylation is 1. The van der Waals surface area contributed by atoms with E-state index in [4.69, 9.17) is 5.73 Å².